The second kappa shape index (κ2) is 10.7. The van der Waals surface area contributed by atoms with Gasteiger partial charge in [-0.1, -0.05) is 12.1 Å². The first-order valence-corrected chi connectivity index (χ1v) is 11.0. The van der Waals surface area contributed by atoms with E-state index < -0.39 is 17.5 Å². The lowest BCUT2D eigenvalue weighted by Crippen LogP contribution is -2.12. The standard InChI is InChI=1S/C26H22F2N4O3/c27-18-12-20(28)25(32-23-10-8-16(14-29)15-30-23)21(13-18)31-24(34)11-9-17-4-3-7-22(33)26(17)35-19-5-1-2-6-19/h3-4,7-13,15,19,33H,1-2,5-6H2,(H,30,32)(H,31,34)/b11-9+. The Balaban J connectivity index is 1.53. The average molecular weight is 476 g/mol. The molecule has 3 N–H and O–H groups in total. The maximum absolute atomic E-state index is 14.5. The Morgan fingerprint density at radius 3 is 2.71 bits per heavy atom. The number of aromatic hydroxyl groups is 1. The van der Waals surface area contributed by atoms with E-state index >= 15 is 0 Å². The van der Waals surface area contributed by atoms with Gasteiger partial charge in [0, 0.05) is 23.9 Å². The summed E-state index contributed by atoms with van der Waals surface area (Å²) in [7, 11) is 0. The van der Waals surface area contributed by atoms with Gasteiger partial charge in [0.05, 0.1) is 17.4 Å². The highest BCUT2D eigenvalue weighted by molar-refractivity contribution is 6.04. The van der Waals surface area contributed by atoms with E-state index in [2.05, 4.69) is 15.6 Å². The molecule has 2 aromatic carbocycles. The zero-order valence-electron chi connectivity index (χ0n) is 18.6. The molecule has 4 rings (SSSR count). The summed E-state index contributed by atoms with van der Waals surface area (Å²) in [6.45, 7) is 0. The lowest BCUT2D eigenvalue weighted by atomic mass is 10.1. The number of pyridine rings is 1. The van der Waals surface area contributed by atoms with E-state index in [9.17, 15) is 18.7 Å². The van der Waals surface area contributed by atoms with Crippen LogP contribution >= 0.6 is 0 Å². The summed E-state index contributed by atoms with van der Waals surface area (Å²) in [6.07, 6.45) is 7.86. The molecule has 1 fully saturated rings. The summed E-state index contributed by atoms with van der Waals surface area (Å²) >= 11 is 0. The molecular weight excluding hydrogens is 454 g/mol. The van der Waals surface area contributed by atoms with E-state index in [0.29, 0.717) is 17.2 Å². The number of ether oxygens (including phenoxy) is 1. The van der Waals surface area contributed by atoms with E-state index in [0.717, 1.165) is 31.7 Å². The van der Waals surface area contributed by atoms with Crippen molar-refractivity contribution in [1.82, 2.24) is 4.98 Å². The van der Waals surface area contributed by atoms with Gasteiger partial charge < -0.3 is 20.5 Å². The molecule has 7 nitrogen and oxygen atoms in total. The van der Waals surface area contributed by atoms with Crippen LogP contribution in [-0.4, -0.2) is 22.1 Å². The first-order chi connectivity index (χ1) is 16.9. The van der Waals surface area contributed by atoms with Crippen LogP contribution in [0, 0.1) is 23.0 Å². The molecule has 9 heteroatoms. The maximum atomic E-state index is 14.5. The van der Waals surface area contributed by atoms with Gasteiger partial charge in [-0.15, -0.1) is 0 Å². The molecule has 0 radical (unpaired) electrons. The predicted molar refractivity (Wildman–Crippen MR) is 127 cm³/mol. The number of carbonyl (C=O) groups excluding carboxylic acids is 1. The zero-order chi connectivity index (χ0) is 24.8. The van der Waals surface area contributed by atoms with Crippen molar-refractivity contribution in [1.29, 1.82) is 5.26 Å². The van der Waals surface area contributed by atoms with Crippen LogP contribution in [0.3, 0.4) is 0 Å². The molecule has 1 aromatic heterocycles. The molecule has 1 saturated carbocycles. The van der Waals surface area contributed by atoms with Crippen molar-refractivity contribution in [2.75, 3.05) is 10.6 Å². The number of phenols is 1. The van der Waals surface area contributed by atoms with Crippen LogP contribution in [0.2, 0.25) is 0 Å². The number of hydrogen-bond acceptors (Lipinski definition) is 6. The minimum absolute atomic E-state index is 0.00372. The van der Waals surface area contributed by atoms with Gasteiger partial charge in [0.1, 0.15) is 23.4 Å². The number of phenolic OH excluding ortho intramolecular Hbond substituents is 1. The van der Waals surface area contributed by atoms with Crippen molar-refractivity contribution in [2.45, 2.75) is 31.8 Å². The monoisotopic (exact) mass is 476 g/mol. The Labute approximate surface area is 200 Å². The number of rotatable bonds is 7. The molecular formula is C26H22F2N4O3. The Morgan fingerprint density at radius 2 is 2.00 bits per heavy atom. The fraction of sp³-hybridized carbons (Fsp3) is 0.192. The predicted octanol–water partition coefficient (Wildman–Crippen LogP) is 5.65. The fourth-order valence-electron chi connectivity index (χ4n) is 3.78. The Morgan fingerprint density at radius 1 is 1.20 bits per heavy atom. The first-order valence-electron chi connectivity index (χ1n) is 11.0. The first kappa shape index (κ1) is 23.7. The molecule has 1 aliphatic carbocycles. The molecule has 0 bridgehead atoms. The Hall–Kier alpha value is -4.45. The quantitative estimate of drug-likeness (QED) is 0.380. The number of nitriles is 1. The molecule has 1 amide bonds. The van der Waals surface area contributed by atoms with Gasteiger partial charge in [0.2, 0.25) is 5.91 Å². The van der Waals surface area contributed by atoms with Gasteiger partial charge in [-0.25, -0.2) is 13.8 Å². The minimum Gasteiger partial charge on any atom is -0.504 e. The van der Waals surface area contributed by atoms with Crippen LogP contribution in [-0.2, 0) is 4.79 Å². The molecule has 0 spiro atoms. The number of amides is 1. The Bertz CT molecular complexity index is 1300. The number of para-hydroxylation sites is 1. The highest BCUT2D eigenvalue weighted by Gasteiger charge is 2.20. The SMILES string of the molecule is N#Cc1ccc(Nc2c(F)cc(F)cc2NC(=O)/C=C/c2cccc(O)c2OC2CCCC2)nc1. The number of aromatic nitrogens is 1. The van der Waals surface area contributed by atoms with Gasteiger partial charge in [-0.3, -0.25) is 4.79 Å². The highest BCUT2D eigenvalue weighted by atomic mass is 19.1. The van der Waals surface area contributed by atoms with Gasteiger partial charge >= 0.3 is 0 Å². The number of anilines is 3. The smallest absolute Gasteiger partial charge is 0.248 e. The van der Waals surface area contributed by atoms with Crippen molar-refractivity contribution in [3.63, 3.8) is 0 Å². The number of nitrogens with zero attached hydrogens (tertiary/aromatic N) is 2. The number of halogens is 2. The van der Waals surface area contributed by atoms with Crippen LogP contribution in [0.5, 0.6) is 11.5 Å². The van der Waals surface area contributed by atoms with Crippen LogP contribution in [0.4, 0.5) is 26.0 Å². The van der Waals surface area contributed by atoms with Gasteiger partial charge in [-0.2, -0.15) is 5.26 Å². The number of benzene rings is 2. The molecule has 35 heavy (non-hydrogen) atoms. The summed E-state index contributed by atoms with van der Waals surface area (Å²) in [5.74, 6) is -2.01. The largest absolute Gasteiger partial charge is 0.504 e. The third-order valence-corrected chi connectivity index (χ3v) is 5.48. The summed E-state index contributed by atoms with van der Waals surface area (Å²) in [5.41, 5.74) is 0.490. The normalized spacial score (nSPS) is 13.5. The summed E-state index contributed by atoms with van der Waals surface area (Å²) < 4.78 is 34.4. The van der Waals surface area contributed by atoms with Crippen molar-refractivity contribution in [3.05, 3.63) is 77.5 Å². The van der Waals surface area contributed by atoms with Gasteiger partial charge in [0.15, 0.2) is 17.3 Å². The highest BCUT2D eigenvalue weighted by Crippen LogP contribution is 2.35. The average Bonchev–Trinajstić information content (AvgIpc) is 3.35. The molecule has 3 aromatic rings. The van der Waals surface area contributed by atoms with E-state index in [4.69, 9.17) is 10.00 Å². The fourth-order valence-corrected chi connectivity index (χ4v) is 3.78. The van der Waals surface area contributed by atoms with Gasteiger partial charge in [0.25, 0.3) is 0 Å². The number of hydrogen-bond donors (Lipinski definition) is 3. The second-order valence-corrected chi connectivity index (χ2v) is 8.02. The van der Waals surface area contributed by atoms with Crippen molar-refractivity contribution >= 4 is 29.2 Å². The minimum atomic E-state index is -0.935. The van der Waals surface area contributed by atoms with Crippen molar-refractivity contribution in [3.8, 4) is 17.6 Å². The number of nitrogens with one attached hydrogen (secondary N) is 2. The molecule has 178 valence electrons. The molecule has 1 aliphatic rings. The molecule has 1 heterocycles. The Kier molecular flexibility index (Phi) is 7.21. The van der Waals surface area contributed by atoms with Crippen LogP contribution in [0.1, 0.15) is 36.8 Å². The third kappa shape index (κ3) is 5.92. The van der Waals surface area contributed by atoms with Gasteiger partial charge in [-0.05, 0) is 56.0 Å². The van der Waals surface area contributed by atoms with Crippen LogP contribution in [0.25, 0.3) is 6.08 Å². The third-order valence-electron chi connectivity index (χ3n) is 5.48. The lowest BCUT2D eigenvalue weighted by molar-refractivity contribution is -0.111. The zero-order valence-corrected chi connectivity index (χ0v) is 18.6. The van der Waals surface area contributed by atoms with E-state index in [-0.39, 0.29) is 34.8 Å². The van der Waals surface area contributed by atoms with E-state index in [1.807, 2.05) is 6.07 Å². The van der Waals surface area contributed by atoms with Crippen molar-refractivity contribution in [2.24, 2.45) is 0 Å². The maximum Gasteiger partial charge on any atom is 0.248 e. The van der Waals surface area contributed by atoms with Crippen LogP contribution in [0.15, 0.2) is 54.7 Å². The van der Waals surface area contributed by atoms with E-state index in [1.54, 1.807) is 12.1 Å². The van der Waals surface area contributed by atoms with Crippen LogP contribution < -0.4 is 15.4 Å². The second-order valence-electron chi connectivity index (χ2n) is 8.02. The summed E-state index contributed by atoms with van der Waals surface area (Å²) in [4.78, 5) is 16.6. The number of carbonyl (C=O) groups is 1. The summed E-state index contributed by atoms with van der Waals surface area (Å²) in [6, 6.07) is 11.4. The van der Waals surface area contributed by atoms with Crippen molar-refractivity contribution < 1.29 is 23.4 Å². The van der Waals surface area contributed by atoms with E-state index in [1.165, 1.54) is 36.5 Å². The molecule has 0 unspecified atom stereocenters. The molecule has 0 aliphatic heterocycles. The molecule has 0 saturated heterocycles. The topological polar surface area (TPSA) is 107 Å². The lowest BCUT2D eigenvalue weighted by Gasteiger charge is -2.16. The molecule has 0 atom stereocenters. The summed E-state index contributed by atoms with van der Waals surface area (Å²) in [5, 5.41) is 24.3.